The Balaban J connectivity index is 0.993. The Morgan fingerprint density at radius 1 is 0.270 bits per heavy atom. The fourth-order valence-electron chi connectivity index (χ4n) is 9.06. The van der Waals surface area contributed by atoms with Crippen molar-refractivity contribution in [1.29, 1.82) is 0 Å². The summed E-state index contributed by atoms with van der Waals surface area (Å²) in [5, 5.41) is 6.74. The molecule has 0 unspecified atom stereocenters. The van der Waals surface area contributed by atoms with Crippen molar-refractivity contribution in [2.24, 2.45) is 0 Å². The summed E-state index contributed by atoms with van der Waals surface area (Å²) in [6.07, 6.45) is 0. The van der Waals surface area contributed by atoms with Crippen LogP contribution in [0.4, 0.5) is 0 Å². The highest BCUT2D eigenvalue weighted by Crippen LogP contribution is 2.41. The zero-order valence-electron chi connectivity index (χ0n) is 34.1. The van der Waals surface area contributed by atoms with E-state index >= 15 is 0 Å². The van der Waals surface area contributed by atoms with E-state index in [0.717, 1.165) is 66.3 Å². The van der Waals surface area contributed by atoms with Crippen LogP contribution in [0.3, 0.4) is 0 Å². The third kappa shape index (κ3) is 6.53. The van der Waals surface area contributed by atoms with Crippen LogP contribution in [0.1, 0.15) is 0 Å². The summed E-state index contributed by atoms with van der Waals surface area (Å²) in [6, 6.07) is 78.7. The lowest BCUT2D eigenvalue weighted by atomic mass is 9.95. The highest BCUT2D eigenvalue weighted by atomic mass is 16.3. The highest BCUT2D eigenvalue weighted by Gasteiger charge is 2.20. The molecule has 2 aromatic heterocycles. The summed E-state index contributed by atoms with van der Waals surface area (Å²) in [5.41, 5.74) is 13.5. The quantitative estimate of drug-likeness (QED) is 0.161. The van der Waals surface area contributed by atoms with Crippen molar-refractivity contribution in [2.45, 2.75) is 0 Å². The molecule has 0 spiro atoms. The minimum Gasteiger partial charge on any atom is -0.455 e. The van der Waals surface area contributed by atoms with Gasteiger partial charge in [0.05, 0.1) is 0 Å². The van der Waals surface area contributed by atoms with Crippen molar-refractivity contribution >= 4 is 43.5 Å². The van der Waals surface area contributed by atoms with Gasteiger partial charge in [-0.1, -0.05) is 212 Å². The third-order valence-electron chi connectivity index (χ3n) is 12.2. The molecule has 0 saturated heterocycles. The summed E-state index contributed by atoms with van der Waals surface area (Å²) in [4.78, 5) is 15.7. The summed E-state index contributed by atoms with van der Waals surface area (Å²) in [5.74, 6) is 1.79. The molecule has 2 heterocycles. The molecule has 12 rings (SSSR count). The number of fused-ring (bicyclic) bond motifs is 5. The zero-order valence-corrected chi connectivity index (χ0v) is 34.1. The topological polar surface area (TPSA) is 51.8 Å². The van der Waals surface area contributed by atoms with Crippen LogP contribution >= 0.6 is 0 Å². The number of furan rings is 1. The van der Waals surface area contributed by atoms with Gasteiger partial charge in [0.15, 0.2) is 17.5 Å². The Labute approximate surface area is 364 Å². The van der Waals surface area contributed by atoms with E-state index in [2.05, 4.69) is 206 Å². The van der Waals surface area contributed by atoms with E-state index in [0.29, 0.717) is 17.5 Å². The summed E-state index contributed by atoms with van der Waals surface area (Å²) in [7, 11) is 0. The van der Waals surface area contributed by atoms with Crippen LogP contribution in [-0.4, -0.2) is 15.0 Å². The molecular formula is C59H37N3O. The molecule has 0 aliphatic carbocycles. The second-order valence-corrected chi connectivity index (χ2v) is 15.9. The molecule has 0 N–H and O–H groups in total. The van der Waals surface area contributed by atoms with Crippen molar-refractivity contribution in [2.75, 3.05) is 0 Å². The normalized spacial score (nSPS) is 11.5. The average Bonchev–Trinajstić information content (AvgIpc) is 3.76. The summed E-state index contributed by atoms with van der Waals surface area (Å²) >= 11 is 0. The van der Waals surface area contributed by atoms with Gasteiger partial charge in [-0.3, -0.25) is 0 Å². The van der Waals surface area contributed by atoms with Crippen LogP contribution in [-0.2, 0) is 0 Å². The first-order chi connectivity index (χ1) is 31.2. The van der Waals surface area contributed by atoms with Gasteiger partial charge in [-0.25, -0.2) is 15.0 Å². The fourth-order valence-corrected chi connectivity index (χ4v) is 9.06. The molecule has 4 nitrogen and oxygen atoms in total. The SMILES string of the molecule is c1ccc(-c2ccc(-c3nc(-c4ccc5c(-c6ccccc6)cccc5c4)nc(-c4cccc5oc6c(-c7ccc(-c8cccc9ccccc89)cc7)cccc6c45)n3)cc2)cc1. The maximum absolute atomic E-state index is 6.78. The maximum atomic E-state index is 6.78. The molecule has 0 aliphatic heterocycles. The Hall–Kier alpha value is -8.47. The van der Waals surface area contributed by atoms with E-state index in [1.165, 1.54) is 38.4 Å². The minimum atomic E-state index is 0.582. The molecule has 0 atom stereocenters. The van der Waals surface area contributed by atoms with Crippen LogP contribution in [0, 0.1) is 0 Å². The first-order valence-electron chi connectivity index (χ1n) is 21.3. The number of nitrogens with zero attached hydrogens (tertiary/aromatic N) is 3. The lowest BCUT2D eigenvalue weighted by Crippen LogP contribution is -2.00. The number of rotatable bonds is 7. The van der Waals surface area contributed by atoms with Crippen molar-refractivity contribution in [3.8, 4) is 78.7 Å². The van der Waals surface area contributed by atoms with Crippen molar-refractivity contribution in [3.63, 3.8) is 0 Å². The van der Waals surface area contributed by atoms with Gasteiger partial charge < -0.3 is 4.42 Å². The van der Waals surface area contributed by atoms with Crippen molar-refractivity contribution < 1.29 is 4.42 Å². The van der Waals surface area contributed by atoms with Gasteiger partial charge in [-0.15, -0.1) is 0 Å². The molecule has 10 aromatic carbocycles. The van der Waals surface area contributed by atoms with E-state index in [1.807, 2.05) is 18.2 Å². The summed E-state index contributed by atoms with van der Waals surface area (Å²) in [6.45, 7) is 0. The predicted molar refractivity (Wildman–Crippen MR) is 260 cm³/mol. The number of para-hydroxylation sites is 1. The van der Waals surface area contributed by atoms with Gasteiger partial charge in [0.25, 0.3) is 0 Å². The van der Waals surface area contributed by atoms with E-state index in [9.17, 15) is 0 Å². The van der Waals surface area contributed by atoms with Gasteiger partial charge in [0, 0.05) is 33.0 Å². The third-order valence-corrected chi connectivity index (χ3v) is 12.2. The van der Waals surface area contributed by atoms with E-state index < -0.39 is 0 Å². The number of benzene rings is 10. The smallest absolute Gasteiger partial charge is 0.164 e. The first-order valence-corrected chi connectivity index (χ1v) is 21.3. The number of aromatic nitrogens is 3. The van der Waals surface area contributed by atoms with Crippen LogP contribution in [0.2, 0.25) is 0 Å². The standard InChI is InChI=1S/C59H37N3O/c1-3-13-38(14-4-1)39-27-33-44(34-28-39)57-60-58(46-35-36-50-45(37-46)19-10-22-48(50)40-15-5-2-6-16-40)62-59(61-57)53-25-12-26-54-55(53)52-24-11-23-51(56(52)63-54)43-31-29-42(30-32-43)49-21-9-18-41-17-7-8-20-47(41)49/h1-37H. The zero-order chi connectivity index (χ0) is 41.7. The minimum absolute atomic E-state index is 0.582. The Morgan fingerprint density at radius 3 is 1.49 bits per heavy atom. The second kappa shape index (κ2) is 15.2. The van der Waals surface area contributed by atoms with Gasteiger partial charge in [0.1, 0.15) is 11.2 Å². The molecule has 0 aliphatic rings. The van der Waals surface area contributed by atoms with Gasteiger partial charge >= 0.3 is 0 Å². The van der Waals surface area contributed by atoms with Crippen LogP contribution in [0.25, 0.3) is 122 Å². The maximum Gasteiger partial charge on any atom is 0.164 e. The average molecular weight is 804 g/mol. The number of hydrogen-bond donors (Lipinski definition) is 0. The van der Waals surface area contributed by atoms with Gasteiger partial charge in [0.2, 0.25) is 0 Å². The molecule has 0 bridgehead atoms. The van der Waals surface area contributed by atoms with Crippen LogP contribution < -0.4 is 0 Å². The molecule has 0 saturated carbocycles. The molecule has 0 fully saturated rings. The molecule has 12 aromatic rings. The van der Waals surface area contributed by atoms with E-state index in [1.54, 1.807) is 0 Å². The Kier molecular flexibility index (Phi) is 8.79. The molecule has 0 amide bonds. The molecular weight excluding hydrogens is 767 g/mol. The fraction of sp³-hybridized carbons (Fsp3) is 0. The predicted octanol–water partition coefficient (Wildman–Crippen LogP) is 15.7. The lowest BCUT2D eigenvalue weighted by Gasteiger charge is -2.11. The molecule has 0 radical (unpaired) electrons. The number of hydrogen-bond acceptors (Lipinski definition) is 4. The Morgan fingerprint density at radius 2 is 0.730 bits per heavy atom. The molecule has 4 heteroatoms. The van der Waals surface area contributed by atoms with Gasteiger partial charge in [-0.2, -0.15) is 0 Å². The van der Waals surface area contributed by atoms with Crippen LogP contribution in [0.15, 0.2) is 229 Å². The largest absolute Gasteiger partial charge is 0.455 e. The Bertz CT molecular complexity index is 3650. The van der Waals surface area contributed by atoms with E-state index in [-0.39, 0.29) is 0 Å². The molecule has 63 heavy (non-hydrogen) atoms. The highest BCUT2D eigenvalue weighted by molar-refractivity contribution is 6.15. The summed E-state index contributed by atoms with van der Waals surface area (Å²) < 4.78 is 6.78. The monoisotopic (exact) mass is 803 g/mol. The molecule has 294 valence electrons. The lowest BCUT2D eigenvalue weighted by molar-refractivity contribution is 0.670. The van der Waals surface area contributed by atoms with Crippen molar-refractivity contribution in [3.05, 3.63) is 224 Å². The van der Waals surface area contributed by atoms with Crippen molar-refractivity contribution in [1.82, 2.24) is 15.0 Å². The van der Waals surface area contributed by atoms with Gasteiger partial charge in [-0.05, 0) is 72.6 Å². The van der Waals surface area contributed by atoms with E-state index in [4.69, 9.17) is 19.4 Å². The second-order valence-electron chi connectivity index (χ2n) is 15.9. The van der Waals surface area contributed by atoms with Crippen LogP contribution in [0.5, 0.6) is 0 Å². The first kappa shape index (κ1) is 36.4.